The molecule has 0 saturated heterocycles. The Labute approximate surface area is 131 Å². The summed E-state index contributed by atoms with van der Waals surface area (Å²) in [5.41, 5.74) is 2.18. The van der Waals surface area contributed by atoms with Crippen LogP contribution in [0.4, 0.5) is 0 Å². The molecule has 1 aromatic rings. The number of cyclic esters (lactones) is 1. The van der Waals surface area contributed by atoms with Gasteiger partial charge in [-0.25, -0.2) is 4.79 Å². The van der Waals surface area contributed by atoms with E-state index in [9.17, 15) is 9.59 Å². The molecule has 0 radical (unpaired) electrons. The summed E-state index contributed by atoms with van der Waals surface area (Å²) >= 11 is 0. The summed E-state index contributed by atoms with van der Waals surface area (Å²) < 4.78 is 9.85. The number of carbonyl (C=O) groups excluding carboxylic acids is 2. The second-order valence-electron chi connectivity index (χ2n) is 5.63. The lowest BCUT2D eigenvalue weighted by Gasteiger charge is -2.28. The zero-order chi connectivity index (χ0) is 16.1. The molecule has 118 valence electrons. The van der Waals surface area contributed by atoms with Crippen LogP contribution in [0, 0.1) is 12.8 Å². The summed E-state index contributed by atoms with van der Waals surface area (Å²) in [4.78, 5) is 24.0. The van der Waals surface area contributed by atoms with Gasteiger partial charge >= 0.3 is 11.9 Å². The Balaban J connectivity index is 2.37. The number of hydrogen-bond acceptors (Lipinski definition) is 4. The minimum atomic E-state index is -0.612. The van der Waals surface area contributed by atoms with Crippen molar-refractivity contribution < 1.29 is 19.1 Å². The van der Waals surface area contributed by atoms with Crippen molar-refractivity contribution in [1.82, 2.24) is 0 Å². The average Bonchev–Trinajstić information content (AvgIpc) is 2.53. The van der Waals surface area contributed by atoms with Gasteiger partial charge in [0.2, 0.25) is 5.76 Å². The van der Waals surface area contributed by atoms with Gasteiger partial charge in [-0.2, -0.15) is 0 Å². The Hall–Kier alpha value is -2.10. The third-order valence-corrected chi connectivity index (χ3v) is 4.00. The van der Waals surface area contributed by atoms with Crippen molar-refractivity contribution in [3.05, 3.63) is 47.2 Å². The maximum Gasteiger partial charge on any atom is 0.373 e. The van der Waals surface area contributed by atoms with Crippen molar-refractivity contribution in [2.24, 2.45) is 5.92 Å². The Morgan fingerprint density at radius 1 is 1.27 bits per heavy atom. The van der Waals surface area contributed by atoms with Crippen LogP contribution < -0.4 is 0 Å². The number of methoxy groups -OCH3 is 1. The van der Waals surface area contributed by atoms with Crippen LogP contribution in [0.15, 0.2) is 36.1 Å². The van der Waals surface area contributed by atoms with E-state index in [0.29, 0.717) is 0 Å². The highest BCUT2D eigenvalue weighted by atomic mass is 16.6. The van der Waals surface area contributed by atoms with Crippen LogP contribution in [0.3, 0.4) is 0 Å². The molecule has 1 aliphatic rings. The van der Waals surface area contributed by atoms with E-state index in [-0.39, 0.29) is 23.6 Å². The number of allylic oxidation sites excluding steroid dienone is 1. The quantitative estimate of drug-likeness (QED) is 0.781. The maximum absolute atomic E-state index is 12.3. The minimum absolute atomic E-state index is 0.00850. The molecule has 22 heavy (non-hydrogen) atoms. The van der Waals surface area contributed by atoms with E-state index in [1.165, 1.54) is 7.11 Å². The van der Waals surface area contributed by atoms with Crippen LogP contribution in [-0.2, 0) is 19.1 Å². The van der Waals surface area contributed by atoms with Gasteiger partial charge in [0.05, 0.1) is 13.0 Å². The molecule has 0 amide bonds. The van der Waals surface area contributed by atoms with E-state index in [4.69, 9.17) is 4.74 Å². The number of hydrogen-bond donors (Lipinski definition) is 0. The number of ether oxygens (including phenoxy) is 2. The Morgan fingerprint density at radius 2 is 1.95 bits per heavy atom. The van der Waals surface area contributed by atoms with Crippen molar-refractivity contribution in [1.29, 1.82) is 0 Å². The van der Waals surface area contributed by atoms with Crippen molar-refractivity contribution in [3.8, 4) is 0 Å². The van der Waals surface area contributed by atoms with E-state index >= 15 is 0 Å². The predicted octanol–water partition coefficient (Wildman–Crippen LogP) is 3.50. The van der Waals surface area contributed by atoms with Crippen LogP contribution in [-0.4, -0.2) is 19.0 Å². The topological polar surface area (TPSA) is 52.6 Å². The number of carbonyl (C=O) groups is 2. The smallest absolute Gasteiger partial charge is 0.373 e. The second-order valence-corrected chi connectivity index (χ2v) is 5.63. The van der Waals surface area contributed by atoms with Crippen molar-refractivity contribution in [3.63, 3.8) is 0 Å². The first-order valence-corrected chi connectivity index (χ1v) is 7.65. The highest BCUT2D eigenvalue weighted by Gasteiger charge is 2.36. The summed E-state index contributed by atoms with van der Waals surface area (Å²) in [5.74, 6) is -1.37. The molecule has 4 nitrogen and oxygen atoms in total. The monoisotopic (exact) mass is 302 g/mol. The molecular weight excluding hydrogens is 280 g/mol. The van der Waals surface area contributed by atoms with Gasteiger partial charge in [-0.05, 0) is 25.0 Å². The maximum atomic E-state index is 12.3. The van der Waals surface area contributed by atoms with Gasteiger partial charge in [0.15, 0.2) is 0 Å². The largest absolute Gasteiger partial charge is 0.463 e. The molecule has 0 N–H and O–H groups in total. The van der Waals surface area contributed by atoms with Gasteiger partial charge in [0.1, 0.15) is 0 Å². The van der Waals surface area contributed by atoms with Gasteiger partial charge in [-0.3, -0.25) is 4.79 Å². The first-order valence-electron chi connectivity index (χ1n) is 7.65. The molecule has 0 fully saturated rings. The van der Waals surface area contributed by atoms with Crippen molar-refractivity contribution in [2.45, 2.75) is 39.0 Å². The van der Waals surface area contributed by atoms with Crippen molar-refractivity contribution in [2.75, 3.05) is 7.11 Å². The van der Waals surface area contributed by atoms with E-state index in [1.54, 1.807) is 6.08 Å². The van der Waals surface area contributed by atoms with E-state index in [1.807, 2.05) is 31.2 Å². The molecule has 0 spiro atoms. The lowest BCUT2D eigenvalue weighted by molar-refractivity contribution is -0.154. The highest BCUT2D eigenvalue weighted by Crippen LogP contribution is 2.36. The van der Waals surface area contributed by atoms with Crippen LogP contribution in [0.1, 0.15) is 43.2 Å². The Morgan fingerprint density at radius 3 is 2.55 bits per heavy atom. The minimum Gasteiger partial charge on any atom is -0.463 e. The summed E-state index contributed by atoms with van der Waals surface area (Å²) in [7, 11) is 1.28. The molecule has 0 saturated carbocycles. The van der Waals surface area contributed by atoms with E-state index in [2.05, 4.69) is 11.7 Å². The zero-order valence-corrected chi connectivity index (χ0v) is 13.3. The van der Waals surface area contributed by atoms with Crippen LogP contribution in [0.25, 0.3) is 0 Å². The number of rotatable bonds is 5. The van der Waals surface area contributed by atoms with Gasteiger partial charge in [-0.1, -0.05) is 49.6 Å². The van der Waals surface area contributed by atoms with Gasteiger partial charge < -0.3 is 9.47 Å². The second kappa shape index (κ2) is 7.25. The molecule has 1 heterocycles. The molecule has 0 aliphatic carbocycles. The molecule has 0 bridgehead atoms. The number of esters is 2. The van der Waals surface area contributed by atoms with Gasteiger partial charge in [-0.15, -0.1) is 0 Å². The standard InChI is InChI=1S/C18H22O4/c1-4-5-6-14-15(13-9-7-12(2)8-10-13)11-16(18(20)21-3)22-17(14)19/h7-11,14-15H,4-6H2,1-3H3/t14-,15+/m0/s1. The first-order chi connectivity index (χ1) is 10.6. The summed E-state index contributed by atoms with van der Waals surface area (Å²) in [6, 6.07) is 8.03. The van der Waals surface area contributed by atoms with E-state index < -0.39 is 5.97 Å². The molecule has 4 heteroatoms. The van der Waals surface area contributed by atoms with E-state index in [0.717, 1.165) is 30.4 Å². The van der Waals surface area contributed by atoms with Crippen LogP contribution in [0.5, 0.6) is 0 Å². The van der Waals surface area contributed by atoms with Gasteiger partial charge in [0.25, 0.3) is 0 Å². The SMILES string of the molecule is CCCC[C@@H]1C(=O)OC(C(=O)OC)=C[C@@H]1c1ccc(C)cc1. The Bertz CT molecular complexity index is 571. The molecule has 0 aromatic heterocycles. The van der Waals surface area contributed by atoms with Crippen molar-refractivity contribution >= 4 is 11.9 Å². The van der Waals surface area contributed by atoms with Crippen LogP contribution in [0.2, 0.25) is 0 Å². The lowest BCUT2D eigenvalue weighted by Crippen LogP contribution is -2.30. The predicted molar refractivity (Wildman–Crippen MR) is 83.1 cm³/mol. The zero-order valence-electron chi connectivity index (χ0n) is 13.3. The molecule has 0 unspecified atom stereocenters. The lowest BCUT2D eigenvalue weighted by atomic mass is 9.81. The highest BCUT2D eigenvalue weighted by molar-refractivity contribution is 5.92. The molecule has 2 atom stereocenters. The summed E-state index contributed by atoms with van der Waals surface area (Å²) in [6.45, 7) is 4.11. The number of aryl methyl sites for hydroxylation is 1. The fourth-order valence-corrected chi connectivity index (χ4v) is 2.69. The molecule has 1 aliphatic heterocycles. The summed E-state index contributed by atoms with van der Waals surface area (Å²) in [6.07, 6.45) is 4.43. The third kappa shape index (κ3) is 3.56. The average molecular weight is 302 g/mol. The Kier molecular flexibility index (Phi) is 5.36. The van der Waals surface area contributed by atoms with Crippen LogP contribution >= 0.6 is 0 Å². The number of benzene rings is 1. The van der Waals surface area contributed by atoms with Gasteiger partial charge in [0, 0.05) is 5.92 Å². The number of unbranched alkanes of at least 4 members (excludes halogenated alkanes) is 1. The molecule has 1 aromatic carbocycles. The molecule has 2 rings (SSSR count). The normalized spacial score (nSPS) is 21.0. The first kappa shape index (κ1) is 16.3. The third-order valence-electron chi connectivity index (χ3n) is 4.00. The molecular formula is C18H22O4. The summed E-state index contributed by atoms with van der Waals surface area (Å²) in [5, 5.41) is 0. The fourth-order valence-electron chi connectivity index (χ4n) is 2.69. The fraction of sp³-hybridized carbons (Fsp3) is 0.444.